The van der Waals surface area contributed by atoms with Crippen LogP contribution in [0.15, 0.2) is 48.5 Å². The van der Waals surface area contributed by atoms with Gasteiger partial charge in [0.2, 0.25) is 0 Å². The highest BCUT2D eigenvalue weighted by atomic mass is 16.5. The molecule has 3 aliphatic rings. The quantitative estimate of drug-likeness (QED) is 0.699. The molecule has 2 heterocycles. The molecule has 6 nitrogen and oxygen atoms in total. The first-order valence-electron chi connectivity index (χ1n) is 12.7. The Hall–Kier alpha value is -2.57. The number of aliphatic hydroxyl groups excluding tert-OH is 1. The largest absolute Gasteiger partial charge is 0.496 e. The number of rotatable bonds is 4. The van der Waals surface area contributed by atoms with Gasteiger partial charge in [-0.2, -0.15) is 0 Å². The van der Waals surface area contributed by atoms with Crippen molar-refractivity contribution >= 4 is 6.03 Å². The third-order valence-electron chi connectivity index (χ3n) is 7.62. The molecule has 0 spiro atoms. The van der Waals surface area contributed by atoms with E-state index in [0.717, 1.165) is 63.9 Å². The molecule has 2 atom stereocenters. The number of aliphatic hydroxyl groups is 1. The van der Waals surface area contributed by atoms with Gasteiger partial charge in [0.25, 0.3) is 0 Å². The SMILES string of the molecule is CO.COc1ccccc1-c1ccc([C@H]2CN3CCCCN(C(=O)NC4CCCC4)CC23)cc1. The molecular formula is C28H39N3O3. The van der Waals surface area contributed by atoms with Crippen molar-refractivity contribution in [2.45, 2.75) is 56.5 Å². The van der Waals surface area contributed by atoms with Crippen LogP contribution in [0.4, 0.5) is 4.79 Å². The Bertz CT molecular complexity index is 927. The van der Waals surface area contributed by atoms with Crippen LogP contribution in [-0.4, -0.2) is 73.4 Å². The lowest BCUT2D eigenvalue weighted by Crippen LogP contribution is -2.62. The van der Waals surface area contributed by atoms with Crippen molar-refractivity contribution in [2.24, 2.45) is 0 Å². The molecule has 5 rings (SSSR count). The summed E-state index contributed by atoms with van der Waals surface area (Å²) >= 11 is 0. The Morgan fingerprint density at radius 2 is 1.65 bits per heavy atom. The molecule has 34 heavy (non-hydrogen) atoms. The van der Waals surface area contributed by atoms with E-state index in [1.165, 1.54) is 30.4 Å². The molecule has 2 aliphatic heterocycles. The number of urea groups is 1. The van der Waals surface area contributed by atoms with Gasteiger partial charge in [-0.3, -0.25) is 4.90 Å². The number of hydrogen-bond donors (Lipinski definition) is 2. The van der Waals surface area contributed by atoms with Crippen LogP contribution in [0.1, 0.15) is 50.0 Å². The van der Waals surface area contributed by atoms with Gasteiger partial charge in [-0.05, 0) is 49.4 Å². The summed E-state index contributed by atoms with van der Waals surface area (Å²) < 4.78 is 5.54. The van der Waals surface area contributed by atoms with Crippen LogP contribution in [0.25, 0.3) is 11.1 Å². The van der Waals surface area contributed by atoms with Gasteiger partial charge in [-0.25, -0.2) is 4.79 Å². The summed E-state index contributed by atoms with van der Waals surface area (Å²) in [5.41, 5.74) is 3.68. The Morgan fingerprint density at radius 3 is 2.38 bits per heavy atom. The number of hydrogen-bond acceptors (Lipinski definition) is 4. The van der Waals surface area contributed by atoms with Gasteiger partial charge in [0, 0.05) is 50.3 Å². The average molecular weight is 466 g/mol. The second-order valence-electron chi connectivity index (χ2n) is 9.58. The minimum Gasteiger partial charge on any atom is -0.496 e. The number of carbonyl (C=O) groups excluding carboxylic acids is 1. The minimum atomic E-state index is 0.149. The third-order valence-corrected chi connectivity index (χ3v) is 7.62. The maximum Gasteiger partial charge on any atom is 0.317 e. The lowest BCUT2D eigenvalue weighted by Gasteiger charge is -2.51. The zero-order chi connectivity index (χ0) is 23.9. The van der Waals surface area contributed by atoms with E-state index in [-0.39, 0.29) is 6.03 Å². The van der Waals surface area contributed by atoms with Gasteiger partial charge in [-0.1, -0.05) is 55.3 Å². The topological polar surface area (TPSA) is 65.0 Å². The fourth-order valence-corrected chi connectivity index (χ4v) is 5.70. The highest BCUT2D eigenvalue weighted by molar-refractivity contribution is 5.74. The summed E-state index contributed by atoms with van der Waals surface area (Å²) in [5, 5.41) is 10.3. The number of benzene rings is 2. The van der Waals surface area contributed by atoms with Gasteiger partial charge in [0.05, 0.1) is 7.11 Å². The molecule has 1 aliphatic carbocycles. The number of ether oxygens (including phenoxy) is 1. The summed E-state index contributed by atoms with van der Waals surface area (Å²) in [5.74, 6) is 1.39. The molecule has 1 unspecified atom stereocenters. The molecule has 2 aromatic rings. The van der Waals surface area contributed by atoms with Crippen molar-refractivity contribution in [2.75, 3.05) is 40.4 Å². The van der Waals surface area contributed by atoms with Crippen molar-refractivity contribution in [1.29, 1.82) is 0 Å². The predicted molar refractivity (Wildman–Crippen MR) is 136 cm³/mol. The number of para-hydroxylation sites is 1. The fraction of sp³-hybridized carbons (Fsp3) is 0.536. The summed E-state index contributed by atoms with van der Waals surface area (Å²) in [6, 6.07) is 18.1. The Labute approximate surface area is 203 Å². The average Bonchev–Trinajstić information content (AvgIpc) is 3.38. The molecule has 2 amide bonds. The first kappa shape index (κ1) is 24.6. The van der Waals surface area contributed by atoms with E-state index in [0.29, 0.717) is 18.0 Å². The Balaban J connectivity index is 0.00000133. The van der Waals surface area contributed by atoms with E-state index in [2.05, 4.69) is 51.5 Å². The van der Waals surface area contributed by atoms with Crippen LogP contribution >= 0.6 is 0 Å². The van der Waals surface area contributed by atoms with Gasteiger partial charge in [0.1, 0.15) is 5.75 Å². The summed E-state index contributed by atoms with van der Waals surface area (Å²) in [7, 11) is 2.72. The number of nitrogens with zero attached hydrogens (tertiary/aromatic N) is 2. The molecular weight excluding hydrogens is 426 g/mol. The third kappa shape index (κ3) is 5.39. The fourth-order valence-electron chi connectivity index (χ4n) is 5.70. The van der Waals surface area contributed by atoms with E-state index < -0.39 is 0 Å². The van der Waals surface area contributed by atoms with Crippen LogP contribution in [0.2, 0.25) is 0 Å². The van der Waals surface area contributed by atoms with E-state index >= 15 is 0 Å². The first-order chi connectivity index (χ1) is 16.7. The van der Waals surface area contributed by atoms with Crippen molar-refractivity contribution in [3.8, 4) is 16.9 Å². The van der Waals surface area contributed by atoms with Crippen molar-refractivity contribution in [3.63, 3.8) is 0 Å². The summed E-state index contributed by atoms with van der Waals surface area (Å²) in [4.78, 5) is 17.6. The summed E-state index contributed by atoms with van der Waals surface area (Å²) in [6.45, 7) is 3.95. The van der Waals surface area contributed by atoms with Gasteiger partial charge >= 0.3 is 6.03 Å². The van der Waals surface area contributed by atoms with Crippen LogP contribution in [0, 0.1) is 0 Å². The lowest BCUT2D eigenvalue weighted by molar-refractivity contribution is 0.0254. The highest BCUT2D eigenvalue weighted by Gasteiger charge is 2.41. The number of methoxy groups -OCH3 is 1. The summed E-state index contributed by atoms with van der Waals surface area (Å²) in [6.07, 6.45) is 7.03. The maximum absolute atomic E-state index is 13.0. The van der Waals surface area contributed by atoms with Crippen LogP contribution in [0.3, 0.4) is 0 Å². The lowest BCUT2D eigenvalue weighted by atomic mass is 9.81. The molecule has 0 bridgehead atoms. The standard InChI is InChI=1S/C27H35N3O2.CH4O/c1-32-26-11-5-4-10-23(26)20-12-14-21(15-13-20)24-18-29-16-6-7-17-30(19-25(24)29)27(31)28-22-8-2-3-9-22;1-2/h4-5,10-15,22,24-25H,2-3,6-9,16-19H2,1H3,(H,28,31);2H,1H3/t24-,25?;/m1./s1. The molecule has 0 radical (unpaired) electrons. The molecule has 3 fully saturated rings. The van der Waals surface area contributed by atoms with Crippen molar-refractivity contribution in [1.82, 2.24) is 15.1 Å². The van der Waals surface area contributed by atoms with E-state index in [9.17, 15) is 4.79 Å². The maximum atomic E-state index is 13.0. The van der Waals surface area contributed by atoms with Gasteiger partial charge in [-0.15, -0.1) is 0 Å². The van der Waals surface area contributed by atoms with E-state index in [1.54, 1.807) is 7.11 Å². The molecule has 2 aromatic carbocycles. The molecule has 184 valence electrons. The minimum absolute atomic E-state index is 0.149. The zero-order valence-electron chi connectivity index (χ0n) is 20.6. The number of carbonyl (C=O) groups is 1. The van der Waals surface area contributed by atoms with Gasteiger partial charge in [0.15, 0.2) is 0 Å². The normalized spacial score (nSPS) is 23.0. The molecule has 2 N–H and O–H groups in total. The molecule has 1 saturated carbocycles. The Morgan fingerprint density at radius 1 is 0.941 bits per heavy atom. The van der Waals surface area contributed by atoms with Crippen LogP contribution in [0.5, 0.6) is 5.75 Å². The monoisotopic (exact) mass is 465 g/mol. The number of nitrogens with one attached hydrogen (secondary N) is 1. The first-order valence-corrected chi connectivity index (χ1v) is 12.7. The molecule has 2 saturated heterocycles. The van der Waals surface area contributed by atoms with Crippen LogP contribution < -0.4 is 10.1 Å². The smallest absolute Gasteiger partial charge is 0.317 e. The predicted octanol–water partition coefficient (Wildman–Crippen LogP) is 4.49. The van der Waals surface area contributed by atoms with Crippen molar-refractivity contribution < 1.29 is 14.6 Å². The van der Waals surface area contributed by atoms with E-state index in [1.807, 2.05) is 12.1 Å². The number of amides is 2. The van der Waals surface area contributed by atoms with Crippen molar-refractivity contribution in [3.05, 3.63) is 54.1 Å². The second kappa shape index (κ2) is 11.7. The Kier molecular flexibility index (Phi) is 8.46. The van der Waals surface area contributed by atoms with Gasteiger partial charge < -0.3 is 20.1 Å². The second-order valence-corrected chi connectivity index (χ2v) is 9.58. The zero-order valence-corrected chi connectivity index (χ0v) is 20.6. The molecule has 0 aromatic heterocycles. The number of fused-ring (bicyclic) bond motifs is 1. The van der Waals surface area contributed by atoms with Crippen LogP contribution in [-0.2, 0) is 0 Å². The molecule has 6 heteroatoms. The highest BCUT2D eigenvalue weighted by Crippen LogP contribution is 2.37. The van der Waals surface area contributed by atoms with E-state index in [4.69, 9.17) is 9.84 Å².